The zero-order chi connectivity index (χ0) is 26.4. The average Bonchev–Trinajstić information content (AvgIpc) is 3.57. The van der Waals surface area contributed by atoms with Gasteiger partial charge < -0.3 is 10.2 Å². The molecule has 194 valence electrons. The number of nitrogens with one attached hydrogen (secondary N) is 1. The lowest BCUT2D eigenvalue weighted by Gasteiger charge is -2.29. The van der Waals surface area contributed by atoms with E-state index in [-0.39, 0.29) is 34.4 Å². The van der Waals surface area contributed by atoms with Crippen molar-refractivity contribution in [1.82, 2.24) is 10.2 Å². The predicted octanol–water partition coefficient (Wildman–Crippen LogP) is 4.37. The van der Waals surface area contributed by atoms with Gasteiger partial charge >= 0.3 is 6.18 Å². The number of likely N-dealkylation sites (tertiary alicyclic amines) is 1. The Morgan fingerprint density at radius 2 is 1.78 bits per heavy atom. The highest BCUT2D eigenvalue weighted by Crippen LogP contribution is 2.43. The minimum Gasteiger partial charge on any atom is -0.347 e. The lowest BCUT2D eigenvalue weighted by atomic mass is 9.97. The Morgan fingerprint density at radius 3 is 2.36 bits per heavy atom. The number of halogens is 4. The molecule has 0 radical (unpaired) electrons. The molecule has 1 saturated carbocycles. The number of rotatable bonds is 6. The molecule has 4 rings (SSSR count). The maximum Gasteiger partial charge on any atom is 0.416 e. The molecule has 1 heterocycles. The molecule has 1 aliphatic carbocycles. The molecule has 0 bridgehead atoms. The number of amides is 2. The van der Waals surface area contributed by atoms with Crippen LogP contribution in [0.4, 0.5) is 17.6 Å². The summed E-state index contributed by atoms with van der Waals surface area (Å²) < 4.78 is 77.4. The van der Waals surface area contributed by atoms with Gasteiger partial charge in [-0.1, -0.05) is 19.1 Å². The molecule has 1 aliphatic heterocycles. The molecule has 2 aromatic carbocycles. The molecule has 0 aromatic heterocycles. The first-order chi connectivity index (χ1) is 16.8. The summed E-state index contributed by atoms with van der Waals surface area (Å²) in [4.78, 5) is 28.0. The van der Waals surface area contributed by atoms with E-state index in [0.29, 0.717) is 25.3 Å². The van der Waals surface area contributed by atoms with Crippen molar-refractivity contribution in [1.29, 1.82) is 0 Å². The fourth-order valence-electron chi connectivity index (χ4n) is 4.67. The predicted molar refractivity (Wildman–Crippen MR) is 123 cm³/mol. The van der Waals surface area contributed by atoms with Crippen LogP contribution in [0.1, 0.15) is 53.7 Å². The minimum absolute atomic E-state index is 0.0202. The van der Waals surface area contributed by atoms with Crippen molar-refractivity contribution in [3.63, 3.8) is 0 Å². The molecule has 1 N–H and O–H groups in total. The SMILES string of the molecule is C[C@@H]1CCN(C(=O)c2cccc(S(C)(=O)=O)c2)[C@H]1C(=O)N[C@@H](c1ccc(C(F)(F)F)cc1F)C1CC1. The lowest BCUT2D eigenvalue weighted by molar-refractivity contribution is -0.137. The first-order valence-electron chi connectivity index (χ1n) is 11.6. The van der Waals surface area contributed by atoms with Gasteiger partial charge in [-0.2, -0.15) is 13.2 Å². The Hall–Kier alpha value is -2.95. The first-order valence-corrected chi connectivity index (χ1v) is 13.4. The zero-order valence-electron chi connectivity index (χ0n) is 19.7. The Labute approximate surface area is 206 Å². The molecule has 6 nitrogen and oxygen atoms in total. The summed E-state index contributed by atoms with van der Waals surface area (Å²) in [6, 6.07) is 6.13. The molecule has 2 aliphatic rings. The Morgan fingerprint density at radius 1 is 1.08 bits per heavy atom. The summed E-state index contributed by atoms with van der Waals surface area (Å²) >= 11 is 0. The van der Waals surface area contributed by atoms with Gasteiger partial charge in [0.25, 0.3) is 5.91 Å². The van der Waals surface area contributed by atoms with E-state index in [1.807, 2.05) is 0 Å². The molecule has 1 saturated heterocycles. The summed E-state index contributed by atoms with van der Waals surface area (Å²) in [6.07, 6.45) is -1.76. The second-order valence-electron chi connectivity index (χ2n) is 9.57. The molecule has 2 fully saturated rings. The molecule has 3 atom stereocenters. The van der Waals surface area contributed by atoms with Crippen LogP contribution in [0.25, 0.3) is 0 Å². The Bertz CT molecular complexity index is 1290. The molecule has 0 unspecified atom stereocenters. The van der Waals surface area contributed by atoms with Crippen LogP contribution in [-0.4, -0.2) is 44.0 Å². The largest absolute Gasteiger partial charge is 0.416 e. The van der Waals surface area contributed by atoms with Crippen LogP contribution < -0.4 is 5.32 Å². The average molecular weight is 527 g/mol. The molecule has 2 amide bonds. The second kappa shape index (κ2) is 9.49. The van der Waals surface area contributed by atoms with E-state index in [1.165, 1.54) is 29.2 Å². The van der Waals surface area contributed by atoms with Gasteiger partial charge in [0.2, 0.25) is 5.91 Å². The third-order valence-electron chi connectivity index (χ3n) is 6.79. The maximum absolute atomic E-state index is 14.7. The molecular weight excluding hydrogens is 500 g/mol. The van der Waals surface area contributed by atoms with Gasteiger partial charge in [0.05, 0.1) is 16.5 Å². The molecule has 11 heteroatoms. The maximum atomic E-state index is 14.7. The highest BCUT2D eigenvalue weighted by Gasteiger charge is 2.43. The van der Waals surface area contributed by atoms with Crippen molar-refractivity contribution in [3.05, 3.63) is 65.0 Å². The summed E-state index contributed by atoms with van der Waals surface area (Å²) in [5, 5.41) is 2.79. The summed E-state index contributed by atoms with van der Waals surface area (Å²) in [6.45, 7) is 2.07. The van der Waals surface area contributed by atoms with Crippen molar-refractivity contribution < 1.29 is 35.6 Å². The van der Waals surface area contributed by atoms with Crippen molar-refractivity contribution >= 4 is 21.7 Å². The van der Waals surface area contributed by atoms with E-state index in [0.717, 1.165) is 18.4 Å². The number of sulfone groups is 1. The standard InChI is InChI=1S/C25H26F4N2O4S/c1-14-10-11-31(24(33)16-4-3-5-18(12-16)36(2,34)35)22(14)23(32)30-21(15-6-7-15)19-9-8-17(13-20(19)26)25(27,28)29/h3-5,8-9,12-15,21-22H,6-7,10-11H2,1-2H3,(H,30,32)/t14-,21-,22-/m1/s1. The molecule has 0 spiro atoms. The molecule has 2 aromatic rings. The van der Waals surface area contributed by atoms with Crippen LogP contribution in [0.5, 0.6) is 0 Å². The summed E-state index contributed by atoms with van der Waals surface area (Å²) in [7, 11) is -3.54. The van der Waals surface area contributed by atoms with E-state index in [1.54, 1.807) is 6.92 Å². The van der Waals surface area contributed by atoms with Gasteiger partial charge in [0, 0.05) is 23.9 Å². The topological polar surface area (TPSA) is 83.6 Å². The lowest BCUT2D eigenvalue weighted by Crippen LogP contribution is -2.49. The van der Waals surface area contributed by atoms with Crippen molar-refractivity contribution in [2.45, 2.75) is 49.3 Å². The van der Waals surface area contributed by atoms with E-state index in [4.69, 9.17) is 0 Å². The van der Waals surface area contributed by atoms with Crippen molar-refractivity contribution in [3.8, 4) is 0 Å². The van der Waals surface area contributed by atoms with Gasteiger partial charge in [0.15, 0.2) is 9.84 Å². The van der Waals surface area contributed by atoms with Crippen LogP contribution in [-0.2, 0) is 20.8 Å². The van der Waals surface area contributed by atoms with E-state index in [2.05, 4.69) is 5.32 Å². The quantitative estimate of drug-likeness (QED) is 0.567. The molecule has 36 heavy (non-hydrogen) atoms. The third-order valence-corrected chi connectivity index (χ3v) is 7.90. The van der Waals surface area contributed by atoms with Crippen LogP contribution in [0, 0.1) is 17.7 Å². The fourth-order valence-corrected chi connectivity index (χ4v) is 5.34. The van der Waals surface area contributed by atoms with Crippen LogP contribution in [0.2, 0.25) is 0 Å². The number of nitrogens with zero attached hydrogens (tertiary/aromatic N) is 1. The number of carbonyl (C=O) groups is 2. The number of hydrogen-bond acceptors (Lipinski definition) is 4. The van der Waals surface area contributed by atoms with Crippen LogP contribution in [0.15, 0.2) is 47.4 Å². The normalized spacial score (nSPS) is 21.3. The first kappa shape index (κ1) is 26.1. The van der Waals surface area contributed by atoms with E-state index < -0.39 is 51.3 Å². The van der Waals surface area contributed by atoms with E-state index in [9.17, 15) is 35.6 Å². The highest BCUT2D eigenvalue weighted by atomic mass is 32.2. The number of alkyl halides is 3. The smallest absolute Gasteiger partial charge is 0.347 e. The summed E-state index contributed by atoms with van der Waals surface area (Å²) in [5.74, 6) is -2.43. The second-order valence-corrected chi connectivity index (χ2v) is 11.6. The summed E-state index contributed by atoms with van der Waals surface area (Å²) in [5.41, 5.74) is -1.01. The van der Waals surface area contributed by atoms with Crippen molar-refractivity contribution in [2.75, 3.05) is 12.8 Å². The number of hydrogen-bond donors (Lipinski definition) is 1. The van der Waals surface area contributed by atoms with Crippen molar-refractivity contribution in [2.24, 2.45) is 11.8 Å². The van der Waals surface area contributed by atoms with Gasteiger partial charge in [-0.15, -0.1) is 0 Å². The van der Waals surface area contributed by atoms with Gasteiger partial charge in [-0.25, -0.2) is 12.8 Å². The van der Waals surface area contributed by atoms with Gasteiger partial charge in [0.1, 0.15) is 11.9 Å². The Kier molecular flexibility index (Phi) is 6.89. The number of carbonyl (C=O) groups excluding carboxylic acids is 2. The molecular formula is C25H26F4N2O4S. The fraction of sp³-hybridized carbons (Fsp3) is 0.440. The monoisotopic (exact) mass is 526 g/mol. The van der Waals surface area contributed by atoms with Gasteiger partial charge in [-0.05, 0) is 61.4 Å². The minimum atomic E-state index is -4.69. The van der Waals surface area contributed by atoms with Crippen LogP contribution in [0.3, 0.4) is 0 Å². The highest BCUT2D eigenvalue weighted by molar-refractivity contribution is 7.90. The van der Waals surface area contributed by atoms with Gasteiger partial charge in [-0.3, -0.25) is 9.59 Å². The zero-order valence-corrected chi connectivity index (χ0v) is 20.5. The van der Waals surface area contributed by atoms with Crippen LogP contribution >= 0.6 is 0 Å². The van der Waals surface area contributed by atoms with E-state index >= 15 is 0 Å². The Balaban J connectivity index is 1.58. The number of benzene rings is 2. The third kappa shape index (κ3) is 5.40.